The third-order valence-electron chi connectivity index (χ3n) is 3.04. The van der Waals surface area contributed by atoms with Crippen molar-refractivity contribution in [1.29, 1.82) is 0 Å². The van der Waals surface area contributed by atoms with Gasteiger partial charge in [-0.15, -0.1) is 0 Å². The van der Waals surface area contributed by atoms with Gasteiger partial charge in [0.1, 0.15) is 0 Å². The summed E-state index contributed by atoms with van der Waals surface area (Å²) in [5.74, 6) is -4.66. The van der Waals surface area contributed by atoms with Crippen LogP contribution in [0.4, 0.5) is 13.2 Å². The lowest BCUT2D eigenvalue weighted by atomic mass is 10.1. The van der Waals surface area contributed by atoms with Gasteiger partial charge in [0.25, 0.3) is 5.91 Å². The summed E-state index contributed by atoms with van der Waals surface area (Å²) in [6, 6.07) is 1.54. The Morgan fingerprint density at radius 3 is 2.35 bits per heavy atom. The molecule has 1 aromatic rings. The minimum atomic E-state index is -1.55. The van der Waals surface area contributed by atoms with Crippen molar-refractivity contribution in [3.05, 3.63) is 35.1 Å². The summed E-state index contributed by atoms with van der Waals surface area (Å²) in [6.07, 6.45) is 1.75. The fourth-order valence-electron chi connectivity index (χ4n) is 2.08. The molecule has 1 heterocycles. The molecule has 0 spiro atoms. The summed E-state index contributed by atoms with van der Waals surface area (Å²) < 4.78 is 38.8. The Kier molecular flexibility index (Phi) is 3.09. The van der Waals surface area contributed by atoms with Crippen LogP contribution in [0.2, 0.25) is 0 Å². The summed E-state index contributed by atoms with van der Waals surface area (Å²) >= 11 is 0. The van der Waals surface area contributed by atoms with Crippen LogP contribution in [0.5, 0.6) is 0 Å². The first-order valence-corrected chi connectivity index (χ1v) is 5.46. The SMILES string of the molecule is CC1CCCN1C(=O)c1cc(F)c(F)c(F)c1. The molecular weight excluding hydrogens is 231 g/mol. The zero-order valence-corrected chi connectivity index (χ0v) is 9.34. The fraction of sp³-hybridized carbons (Fsp3) is 0.417. The highest BCUT2D eigenvalue weighted by Gasteiger charge is 2.27. The monoisotopic (exact) mass is 243 g/mol. The van der Waals surface area contributed by atoms with Crippen LogP contribution in [-0.2, 0) is 0 Å². The number of hydrogen-bond acceptors (Lipinski definition) is 1. The first-order chi connectivity index (χ1) is 8.00. The van der Waals surface area contributed by atoms with Gasteiger partial charge >= 0.3 is 0 Å². The zero-order chi connectivity index (χ0) is 12.6. The van der Waals surface area contributed by atoms with Crippen LogP contribution in [-0.4, -0.2) is 23.4 Å². The zero-order valence-electron chi connectivity index (χ0n) is 9.34. The number of amides is 1. The first kappa shape index (κ1) is 12.0. The highest BCUT2D eigenvalue weighted by molar-refractivity contribution is 5.94. The molecule has 1 aliphatic rings. The second-order valence-electron chi connectivity index (χ2n) is 4.24. The molecule has 2 rings (SSSR count). The lowest BCUT2D eigenvalue weighted by molar-refractivity contribution is 0.0746. The number of benzene rings is 1. The van der Waals surface area contributed by atoms with Crippen LogP contribution in [0.15, 0.2) is 12.1 Å². The Morgan fingerprint density at radius 1 is 1.29 bits per heavy atom. The van der Waals surface area contributed by atoms with Gasteiger partial charge in [0, 0.05) is 18.2 Å². The molecule has 1 amide bonds. The van der Waals surface area contributed by atoms with Gasteiger partial charge in [0.05, 0.1) is 0 Å². The lowest BCUT2D eigenvalue weighted by Gasteiger charge is -2.21. The van der Waals surface area contributed by atoms with Crippen molar-refractivity contribution in [2.75, 3.05) is 6.54 Å². The molecule has 5 heteroatoms. The highest BCUT2D eigenvalue weighted by Crippen LogP contribution is 2.21. The summed E-state index contributed by atoms with van der Waals surface area (Å²) in [5, 5.41) is 0. The van der Waals surface area contributed by atoms with Crippen molar-refractivity contribution in [3.63, 3.8) is 0 Å². The van der Waals surface area contributed by atoms with Crippen LogP contribution in [0, 0.1) is 17.5 Å². The molecule has 0 bridgehead atoms. The van der Waals surface area contributed by atoms with Gasteiger partial charge in [-0.25, -0.2) is 13.2 Å². The Bertz CT molecular complexity index is 438. The van der Waals surface area contributed by atoms with Crippen molar-refractivity contribution in [1.82, 2.24) is 4.90 Å². The van der Waals surface area contributed by atoms with E-state index in [1.54, 1.807) is 4.90 Å². The Labute approximate surface area is 97.0 Å². The summed E-state index contributed by atoms with van der Waals surface area (Å²) in [4.78, 5) is 13.5. The summed E-state index contributed by atoms with van der Waals surface area (Å²) in [7, 11) is 0. The molecule has 17 heavy (non-hydrogen) atoms. The molecule has 1 saturated heterocycles. The van der Waals surface area contributed by atoms with Gasteiger partial charge in [-0.05, 0) is 31.9 Å². The van der Waals surface area contributed by atoms with E-state index in [0.29, 0.717) is 6.54 Å². The van der Waals surface area contributed by atoms with Gasteiger partial charge in [-0.1, -0.05) is 0 Å². The molecule has 0 radical (unpaired) electrons. The van der Waals surface area contributed by atoms with Crippen molar-refractivity contribution >= 4 is 5.91 Å². The van der Waals surface area contributed by atoms with Crippen molar-refractivity contribution in [2.24, 2.45) is 0 Å². The normalized spacial score (nSPS) is 19.8. The molecule has 92 valence electrons. The van der Waals surface area contributed by atoms with Crippen LogP contribution in [0.3, 0.4) is 0 Å². The largest absolute Gasteiger partial charge is 0.336 e. The second-order valence-corrected chi connectivity index (χ2v) is 4.24. The van der Waals surface area contributed by atoms with Gasteiger partial charge in [0.2, 0.25) is 0 Å². The van der Waals surface area contributed by atoms with Gasteiger partial charge in [-0.3, -0.25) is 4.79 Å². The van der Waals surface area contributed by atoms with Crippen molar-refractivity contribution < 1.29 is 18.0 Å². The van der Waals surface area contributed by atoms with E-state index < -0.39 is 23.4 Å². The van der Waals surface area contributed by atoms with E-state index in [0.717, 1.165) is 25.0 Å². The molecule has 1 aliphatic heterocycles. The van der Waals surface area contributed by atoms with Crippen LogP contribution >= 0.6 is 0 Å². The molecule has 1 unspecified atom stereocenters. The molecule has 0 aliphatic carbocycles. The van der Waals surface area contributed by atoms with Crippen LogP contribution in [0.1, 0.15) is 30.1 Å². The number of carbonyl (C=O) groups is 1. The fourth-order valence-corrected chi connectivity index (χ4v) is 2.08. The van der Waals surface area contributed by atoms with E-state index in [1.807, 2.05) is 6.92 Å². The second kappa shape index (κ2) is 4.39. The molecule has 1 fully saturated rings. The molecule has 1 aromatic carbocycles. The van der Waals surface area contributed by atoms with Crippen molar-refractivity contribution in [3.8, 4) is 0 Å². The van der Waals surface area contributed by atoms with E-state index in [9.17, 15) is 18.0 Å². The minimum Gasteiger partial charge on any atom is -0.336 e. The van der Waals surface area contributed by atoms with Gasteiger partial charge in [-0.2, -0.15) is 0 Å². The first-order valence-electron chi connectivity index (χ1n) is 5.46. The molecule has 1 atom stereocenters. The standard InChI is InChI=1S/C12H12F3NO/c1-7-3-2-4-16(7)12(17)8-5-9(13)11(15)10(14)6-8/h5-7H,2-4H2,1H3. The van der Waals surface area contributed by atoms with E-state index in [1.165, 1.54) is 0 Å². The predicted molar refractivity (Wildman–Crippen MR) is 56.0 cm³/mol. The maximum atomic E-state index is 13.0. The maximum Gasteiger partial charge on any atom is 0.254 e. The lowest BCUT2D eigenvalue weighted by Crippen LogP contribution is -2.33. The third-order valence-corrected chi connectivity index (χ3v) is 3.04. The Balaban J connectivity index is 2.31. The molecule has 0 aromatic heterocycles. The third kappa shape index (κ3) is 2.14. The Morgan fingerprint density at radius 2 is 1.88 bits per heavy atom. The smallest absolute Gasteiger partial charge is 0.254 e. The van der Waals surface area contributed by atoms with Crippen molar-refractivity contribution in [2.45, 2.75) is 25.8 Å². The number of rotatable bonds is 1. The number of halogens is 3. The van der Waals surface area contributed by atoms with Gasteiger partial charge in [0.15, 0.2) is 17.5 Å². The number of hydrogen-bond donors (Lipinski definition) is 0. The van der Waals surface area contributed by atoms with E-state index in [2.05, 4.69) is 0 Å². The predicted octanol–water partition coefficient (Wildman–Crippen LogP) is 2.73. The molecule has 0 N–H and O–H groups in total. The molecular formula is C12H12F3NO. The quantitative estimate of drug-likeness (QED) is 0.694. The molecule has 0 saturated carbocycles. The average Bonchev–Trinajstić information content (AvgIpc) is 2.70. The topological polar surface area (TPSA) is 20.3 Å². The maximum absolute atomic E-state index is 13.0. The average molecular weight is 243 g/mol. The Hall–Kier alpha value is -1.52. The summed E-state index contributed by atoms with van der Waals surface area (Å²) in [6.45, 7) is 2.45. The van der Waals surface area contributed by atoms with E-state index in [-0.39, 0.29) is 11.6 Å². The minimum absolute atomic E-state index is 0.0543. The van der Waals surface area contributed by atoms with E-state index in [4.69, 9.17) is 0 Å². The van der Waals surface area contributed by atoms with Crippen LogP contribution in [0.25, 0.3) is 0 Å². The number of carbonyl (C=O) groups excluding carboxylic acids is 1. The highest BCUT2D eigenvalue weighted by atomic mass is 19.2. The van der Waals surface area contributed by atoms with E-state index >= 15 is 0 Å². The number of nitrogens with zero attached hydrogens (tertiary/aromatic N) is 1. The van der Waals surface area contributed by atoms with Gasteiger partial charge < -0.3 is 4.90 Å². The summed E-state index contributed by atoms with van der Waals surface area (Å²) in [5.41, 5.74) is -0.143. The number of likely N-dealkylation sites (tertiary alicyclic amines) is 1. The van der Waals surface area contributed by atoms with Crippen LogP contribution < -0.4 is 0 Å². The molecule has 2 nitrogen and oxygen atoms in total.